The van der Waals surface area contributed by atoms with Crippen molar-refractivity contribution in [3.05, 3.63) is 60.7 Å². The topological polar surface area (TPSA) is 86.7 Å². The van der Waals surface area contributed by atoms with Gasteiger partial charge in [0, 0.05) is 23.5 Å². The molecule has 3 rings (SSSR count). The van der Waals surface area contributed by atoms with Gasteiger partial charge >= 0.3 is 0 Å². The van der Waals surface area contributed by atoms with Gasteiger partial charge in [-0.1, -0.05) is 18.2 Å². The molecule has 20 heavy (non-hydrogen) atoms. The predicted octanol–water partition coefficient (Wildman–Crippen LogP) is 1.43. The third-order valence-corrected chi connectivity index (χ3v) is 2.89. The van der Waals surface area contributed by atoms with Crippen molar-refractivity contribution in [1.29, 1.82) is 0 Å². The smallest absolute Gasteiger partial charge is 0.249 e. The average molecular weight is 265 g/mol. The van der Waals surface area contributed by atoms with E-state index in [1.54, 1.807) is 47.6 Å². The van der Waals surface area contributed by atoms with E-state index >= 15 is 0 Å². The van der Waals surface area contributed by atoms with Gasteiger partial charge in [-0.05, 0) is 18.2 Å². The SMILES string of the molecule is NC(=O)c1ccccc1-c1ccc(-n2ccnc2)nn1. The van der Waals surface area contributed by atoms with E-state index in [9.17, 15) is 4.79 Å². The number of primary amides is 1. The first-order valence-electron chi connectivity index (χ1n) is 5.97. The molecule has 3 aromatic rings. The summed E-state index contributed by atoms with van der Waals surface area (Å²) in [5, 5.41) is 8.26. The number of hydrogen-bond acceptors (Lipinski definition) is 4. The molecule has 6 heteroatoms. The quantitative estimate of drug-likeness (QED) is 0.776. The number of rotatable bonds is 3. The van der Waals surface area contributed by atoms with Gasteiger partial charge in [0.2, 0.25) is 5.91 Å². The largest absolute Gasteiger partial charge is 0.366 e. The van der Waals surface area contributed by atoms with E-state index in [0.717, 1.165) is 0 Å². The molecule has 0 atom stereocenters. The van der Waals surface area contributed by atoms with Crippen LogP contribution in [0.25, 0.3) is 17.1 Å². The van der Waals surface area contributed by atoms with E-state index in [0.29, 0.717) is 22.6 Å². The molecule has 0 bridgehead atoms. The summed E-state index contributed by atoms with van der Waals surface area (Å²) in [6, 6.07) is 10.7. The Labute approximate surface area is 114 Å². The van der Waals surface area contributed by atoms with Gasteiger partial charge in [-0.3, -0.25) is 9.36 Å². The van der Waals surface area contributed by atoms with Crippen LogP contribution in [0.1, 0.15) is 10.4 Å². The minimum Gasteiger partial charge on any atom is -0.366 e. The van der Waals surface area contributed by atoms with Gasteiger partial charge in [0.25, 0.3) is 0 Å². The Morgan fingerprint density at radius 1 is 1.10 bits per heavy atom. The van der Waals surface area contributed by atoms with Crippen LogP contribution in [-0.2, 0) is 0 Å². The Morgan fingerprint density at radius 2 is 1.95 bits per heavy atom. The molecule has 1 aromatic carbocycles. The third kappa shape index (κ3) is 2.14. The average Bonchev–Trinajstić information content (AvgIpc) is 3.02. The van der Waals surface area contributed by atoms with Gasteiger partial charge in [-0.2, -0.15) is 0 Å². The fourth-order valence-electron chi connectivity index (χ4n) is 1.92. The van der Waals surface area contributed by atoms with E-state index in [1.807, 2.05) is 12.1 Å². The fraction of sp³-hybridized carbons (Fsp3) is 0. The van der Waals surface area contributed by atoms with Crippen molar-refractivity contribution in [2.45, 2.75) is 0 Å². The van der Waals surface area contributed by atoms with Crippen molar-refractivity contribution in [3.63, 3.8) is 0 Å². The Balaban J connectivity index is 2.02. The van der Waals surface area contributed by atoms with Gasteiger partial charge < -0.3 is 5.73 Å². The summed E-state index contributed by atoms with van der Waals surface area (Å²) in [6.07, 6.45) is 5.08. The lowest BCUT2D eigenvalue weighted by atomic mass is 10.0. The number of amides is 1. The Bertz CT molecular complexity index is 735. The van der Waals surface area contributed by atoms with Crippen LogP contribution in [-0.4, -0.2) is 25.7 Å². The maximum Gasteiger partial charge on any atom is 0.249 e. The van der Waals surface area contributed by atoms with Crippen LogP contribution < -0.4 is 5.73 Å². The molecule has 0 aliphatic heterocycles. The summed E-state index contributed by atoms with van der Waals surface area (Å²) in [4.78, 5) is 15.4. The lowest BCUT2D eigenvalue weighted by molar-refractivity contribution is 0.100. The standard InChI is InChI=1S/C14H11N5O/c15-14(20)11-4-2-1-3-10(11)12-5-6-13(18-17-12)19-8-7-16-9-19/h1-9H,(H2,15,20). The molecule has 0 fully saturated rings. The normalized spacial score (nSPS) is 10.4. The van der Waals surface area contributed by atoms with Crippen LogP contribution in [0.4, 0.5) is 0 Å². The lowest BCUT2D eigenvalue weighted by Crippen LogP contribution is -2.12. The number of nitrogens with two attached hydrogens (primary N) is 1. The van der Waals surface area contributed by atoms with Crippen molar-refractivity contribution in [3.8, 4) is 17.1 Å². The van der Waals surface area contributed by atoms with Gasteiger partial charge in [0.15, 0.2) is 5.82 Å². The third-order valence-electron chi connectivity index (χ3n) is 2.89. The lowest BCUT2D eigenvalue weighted by Gasteiger charge is -2.06. The molecular weight excluding hydrogens is 254 g/mol. The first kappa shape index (κ1) is 12.0. The van der Waals surface area contributed by atoms with Crippen LogP contribution >= 0.6 is 0 Å². The summed E-state index contributed by atoms with van der Waals surface area (Å²) in [6.45, 7) is 0. The zero-order valence-electron chi connectivity index (χ0n) is 10.5. The van der Waals surface area contributed by atoms with E-state index in [4.69, 9.17) is 5.73 Å². The van der Waals surface area contributed by atoms with Crippen molar-refractivity contribution in [2.75, 3.05) is 0 Å². The number of imidazole rings is 1. The summed E-state index contributed by atoms with van der Waals surface area (Å²) in [5.74, 6) is 0.170. The minimum absolute atomic E-state index is 0.428. The second kappa shape index (κ2) is 4.93. The Morgan fingerprint density at radius 3 is 2.60 bits per heavy atom. The van der Waals surface area contributed by atoms with Gasteiger partial charge in [-0.25, -0.2) is 4.98 Å². The number of hydrogen-bond donors (Lipinski definition) is 1. The first-order valence-corrected chi connectivity index (χ1v) is 5.97. The number of carbonyl (C=O) groups excluding carboxylic acids is 1. The molecule has 98 valence electrons. The summed E-state index contributed by atoms with van der Waals surface area (Å²) in [7, 11) is 0. The summed E-state index contributed by atoms with van der Waals surface area (Å²) in [5.41, 5.74) is 7.06. The van der Waals surface area contributed by atoms with Crippen molar-refractivity contribution < 1.29 is 4.79 Å². The van der Waals surface area contributed by atoms with E-state index in [1.165, 1.54) is 0 Å². The molecule has 6 nitrogen and oxygen atoms in total. The molecule has 2 aromatic heterocycles. The number of aromatic nitrogens is 4. The van der Waals surface area contributed by atoms with Gasteiger partial charge in [0.05, 0.1) is 5.69 Å². The molecule has 0 unspecified atom stereocenters. The summed E-state index contributed by atoms with van der Waals surface area (Å²) < 4.78 is 1.75. The molecule has 1 amide bonds. The molecule has 0 aliphatic carbocycles. The zero-order chi connectivity index (χ0) is 13.9. The van der Waals surface area contributed by atoms with E-state index < -0.39 is 5.91 Å². The predicted molar refractivity (Wildman–Crippen MR) is 73.1 cm³/mol. The van der Waals surface area contributed by atoms with Crippen LogP contribution in [0, 0.1) is 0 Å². The summed E-state index contributed by atoms with van der Waals surface area (Å²) >= 11 is 0. The first-order chi connectivity index (χ1) is 9.75. The van der Waals surface area contributed by atoms with Crippen molar-refractivity contribution >= 4 is 5.91 Å². The second-order valence-electron chi connectivity index (χ2n) is 4.16. The second-order valence-corrected chi connectivity index (χ2v) is 4.16. The maximum absolute atomic E-state index is 11.4. The van der Waals surface area contributed by atoms with Crippen LogP contribution in [0.15, 0.2) is 55.1 Å². The number of carbonyl (C=O) groups is 1. The Hall–Kier alpha value is -3.02. The van der Waals surface area contributed by atoms with E-state index in [2.05, 4.69) is 15.2 Å². The van der Waals surface area contributed by atoms with Gasteiger partial charge in [0.1, 0.15) is 6.33 Å². The highest BCUT2D eigenvalue weighted by molar-refractivity contribution is 5.99. The highest BCUT2D eigenvalue weighted by Crippen LogP contribution is 2.21. The van der Waals surface area contributed by atoms with Crippen molar-refractivity contribution in [1.82, 2.24) is 19.7 Å². The number of nitrogens with zero attached hydrogens (tertiary/aromatic N) is 4. The van der Waals surface area contributed by atoms with Crippen LogP contribution in [0.2, 0.25) is 0 Å². The van der Waals surface area contributed by atoms with E-state index in [-0.39, 0.29) is 0 Å². The molecule has 0 saturated heterocycles. The molecule has 2 heterocycles. The van der Waals surface area contributed by atoms with Gasteiger partial charge in [-0.15, -0.1) is 10.2 Å². The highest BCUT2D eigenvalue weighted by Gasteiger charge is 2.10. The zero-order valence-corrected chi connectivity index (χ0v) is 10.5. The monoisotopic (exact) mass is 265 g/mol. The Kier molecular flexibility index (Phi) is 2.96. The molecule has 0 spiro atoms. The molecule has 0 saturated carbocycles. The molecule has 0 aliphatic rings. The number of benzene rings is 1. The maximum atomic E-state index is 11.4. The van der Waals surface area contributed by atoms with Crippen LogP contribution in [0.5, 0.6) is 0 Å². The fourth-order valence-corrected chi connectivity index (χ4v) is 1.92. The minimum atomic E-state index is -0.485. The van der Waals surface area contributed by atoms with Crippen LogP contribution in [0.3, 0.4) is 0 Å². The molecule has 0 radical (unpaired) electrons. The molecule has 2 N–H and O–H groups in total. The van der Waals surface area contributed by atoms with Crippen molar-refractivity contribution in [2.24, 2.45) is 5.73 Å². The highest BCUT2D eigenvalue weighted by atomic mass is 16.1. The molecular formula is C14H11N5O.